The van der Waals surface area contributed by atoms with Crippen LogP contribution in [0, 0.1) is 0 Å². The fraction of sp³-hybridized carbons (Fsp3) is 0.467. The van der Waals surface area contributed by atoms with E-state index in [2.05, 4.69) is 16.0 Å². The number of anilines is 1. The van der Waals surface area contributed by atoms with Gasteiger partial charge in [0, 0.05) is 12.1 Å². The first-order valence-electron chi connectivity index (χ1n) is 6.80. The molecule has 0 saturated heterocycles. The van der Waals surface area contributed by atoms with Crippen LogP contribution in [0.4, 0.5) is 10.5 Å². The Morgan fingerprint density at radius 1 is 1.15 bits per heavy atom. The van der Waals surface area contributed by atoms with Gasteiger partial charge in [-0.25, -0.2) is 4.79 Å². The van der Waals surface area contributed by atoms with E-state index in [9.17, 15) is 9.59 Å². The Bertz CT molecular complexity index is 478. The van der Waals surface area contributed by atoms with E-state index in [1.54, 1.807) is 24.3 Å². The fourth-order valence-electron chi connectivity index (χ4n) is 1.60. The van der Waals surface area contributed by atoms with E-state index in [4.69, 9.17) is 0 Å². The van der Waals surface area contributed by atoms with E-state index in [0.717, 1.165) is 6.42 Å². The number of urea groups is 1. The van der Waals surface area contributed by atoms with Crippen LogP contribution in [0.25, 0.3) is 0 Å². The molecular formula is C15H23N3O2. The maximum Gasteiger partial charge on any atom is 0.319 e. The molecule has 0 saturated carbocycles. The summed E-state index contributed by atoms with van der Waals surface area (Å²) in [6.07, 6.45) is 0.861. The van der Waals surface area contributed by atoms with Crippen LogP contribution in [0.2, 0.25) is 0 Å². The molecule has 0 bridgehead atoms. The van der Waals surface area contributed by atoms with Crippen molar-refractivity contribution in [2.45, 2.75) is 39.7 Å². The average Bonchev–Trinajstić information content (AvgIpc) is 2.35. The minimum Gasteiger partial charge on any atom is -0.347 e. The minimum absolute atomic E-state index is 0.205. The van der Waals surface area contributed by atoms with E-state index in [-0.39, 0.29) is 17.5 Å². The maximum absolute atomic E-state index is 12.2. The van der Waals surface area contributed by atoms with Gasteiger partial charge >= 0.3 is 6.03 Å². The van der Waals surface area contributed by atoms with Gasteiger partial charge in [0.1, 0.15) is 0 Å². The Morgan fingerprint density at radius 3 is 2.40 bits per heavy atom. The highest BCUT2D eigenvalue weighted by molar-refractivity contribution is 6.03. The molecule has 3 N–H and O–H groups in total. The van der Waals surface area contributed by atoms with Crippen molar-refractivity contribution in [3.63, 3.8) is 0 Å². The van der Waals surface area contributed by atoms with E-state index in [1.807, 2.05) is 27.7 Å². The molecule has 0 aromatic heterocycles. The van der Waals surface area contributed by atoms with Crippen LogP contribution in [0.3, 0.4) is 0 Å². The first-order chi connectivity index (χ1) is 9.33. The zero-order valence-corrected chi connectivity index (χ0v) is 12.5. The van der Waals surface area contributed by atoms with Gasteiger partial charge in [0.15, 0.2) is 0 Å². The Kier molecular flexibility index (Phi) is 5.55. The standard InChI is InChI=1S/C15H23N3O2/c1-5-10-16-14(20)17-12-9-7-6-8-11(12)13(19)18-15(2,3)4/h6-9H,5,10H2,1-4H3,(H,18,19)(H2,16,17,20). The van der Waals surface area contributed by atoms with Crippen LogP contribution in [-0.2, 0) is 0 Å². The molecule has 0 aliphatic heterocycles. The van der Waals surface area contributed by atoms with Gasteiger partial charge in [-0.15, -0.1) is 0 Å². The highest BCUT2D eigenvalue weighted by Crippen LogP contribution is 2.16. The molecule has 3 amide bonds. The quantitative estimate of drug-likeness (QED) is 0.792. The first kappa shape index (κ1) is 16.0. The molecule has 0 aliphatic carbocycles. The molecule has 1 aromatic carbocycles. The lowest BCUT2D eigenvalue weighted by atomic mass is 10.1. The number of nitrogens with one attached hydrogen (secondary N) is 3. The van der Waals surface area contributed by atoms with Crippen LogP contribution in [0.1, 0.15) is 44.5 Å². The average molecular weight is 277 g/mol. The zero-order valence-electron chi connectivity index (χ0n) is 12.5. The molecule has 5 nitrogen and oxygen atoms in total. The monoisotopic (exact) mass is 277 g/mol. The number of benzene rings is 1. The van der Waals surface area contributed by atoms with E-state index in [1.165, 1.54) is 0 Å². The second kappa shape index (κ2) is 6.93. The molecule has 20 heavy (non-hydrogen) atoms. The number of amides is 3. The second-order valence-corrected chi connectivity index (χ2v) is 5.63. The van der Waals surface area contributed by atoms with Gasteiger partial charge in [-0.3, -0.25) is 4.79 Å². The normalized spacial score (nSPS) is 10.8. The smallest absolute Gasteiger partial charge is 0.319 e. The summed E-state index contributed by atoms with van der Waals surface area (Å²) in [7, 11) is 0. The van der Waals surface area contributed by atoms with Gasteiger partial charge in [0.2, 0.25) is 0 Å². The second-order valence-electron chi connectivity index (χ2n) is 5.63. The highest BCUT2D eigenvalue weighted by Gasteiger charge is 2.18. The molecule has 1 rings (SSSR count). The number of rotatable bonds is 4. The Labute approximate surface area is 120 Å². The Balaban J connectivity index is 2.83. The summed E-state index contributed by atoms with van der Waals surface area (Å²) in [4.78, 5) is 23.9. The number of para-hydroxylation sites is 1. The summed E-state index contributed by atoms with van der Waals surface area (Å²) in [6.45, 7) is 8.31. The molecule has 0 unspecified atom stereocenters. The third-order valence-electron chi connectivity index (χ3n) is 2.44. The van der Waals surface area contributed by atoms with Gasteiger partial charge in [0.25, 0.3) is 5.91 Å². The van der Waals surface area contributed by atoms with Crippen LogP contribution < -0.4 is 16.0 Å². The molecule has 0 heterocycles. The lowest BCUT2D eigenvalue weighted by Crippen LogP contribution is -2.41. The van der Waals surface area contributed by atoms with Crippen molar-refractivity contribution in [2.75, 3.05) is 11.9 Å². The van der Waals surface area contributed by atoms with E-state index in [0.29, 0.717) is 17.8 Å². The molecule has 0 aliphatic rings. The van der Waals surface area contributed by atoms with Crippen LogP contribution >= 0.6 is 0 Å². The number of carbonyl (C=O) groups is 2. The molecule has 0 fully saturated rings. The van der Waals surface area contributed by atoms with Crippen molar-refractivity contribution in [3.05, 3.63) is 29.8 Å². The first-order valence-corrected chi connectivity index (χ1v) is 6.80. The molecule has 110 valence electrons. The summed E-state index contributed by atoms with van der Waals surface area (Å²) in [5.74, 6) is -0.205. The van der Waals surface area contributed by atoms with Crippen molar-refractivity contribution in [2.24, 2.45) is 0 Å². The van der Waals surface area contributed by atoms with Gasteiger partial charge in [-0.1, -0.05) is 19.1 Å². The highest BCUT2D eigenvalue weighted by atomic mass is 16.2. The van der Waals surface area contributed by atoms with Gasteiger partial charge in [-0.2, -0.15) is 0 Å². The van der Waals surface area contributed by atoms with Gasteiger partial charge < -0.3 is 16.0 Å². The van der Waals surface area contributed by atoms with Crippen LogP contribution in [0.15, 0.2) is 24.3 Å². The SMILES string of the molecule is CCCNC(=O)Nc1ccccc1C(=O)NC(C)(C)C. The molecule has 0 spiro atoms. The topological polar surface area (TPSA) is 70.2 Å². The molecule has 1 aromatic rings. The van der Waals surface area contributed by atoms with Crippen LogP contribution in [0.5, 0.6) is 0 Å². The predicted octanol–water partition coefficient (Wildman–Crippen LogP) is 2.75. The molecule has 0 atom stereocenters. The fourth-order valence-corrected chi connectivity index (χ4v) is 1.60. The Morgan fingerprint density at radius 2 is 1.80 bits per heavy atom. The predicted molar refractivity (Wildman–Crippen MR) is 81.0 cm³/mol. The Hall–Kier alpha value is -2.04. The van der Waals surface area contributed by atoms with Gasteiger partial charge in [0.05, 0.1) is 11.3 Å². The summed E-state index contributed by atoms with van der Waals surface area (Å²) in [5.41, 5.74) is 0.631. The number of hydrogen-bond acceptors (Lipinski definition) is 2. The van der Waals surface area contributed by atoms with Crippen molar-refractivity contribution in [3.8, 4) is 0 Å². The zero-order chi connectivity index (χ0) is 15.2. The minimum atomic E-state index is -0.325. The lowest BCUT2D eigenvalue weighted by Gasteiger charge is -2.21. The van der Waals surface area contributed by atoms with Crippen molar-refractivity contribution in [1.82, 2.24) is 10.6 Å². The van der Waals surface area contributed by atoms with Crippen molar-refractivity contribution in [1.29, 1.82) is 0 Å². The van der Waals surface area contributed by atoms with E-state index < -0.39 is 0 Å². The molecule has 5 heteroatoms. The largest absolute Gasteiger partial charge is 0.347 e. The summed E-state index contributed by atoms with van der Waals surface area (Å²) >= 11 is 0. The van der Waals surface area contributed by atoms with Crippen molar-refractivity contribution < 1.29 is 9.59 Å². The lowest BCUT2D eigenvalue weighted by molar-refractivity contribution is 0.0920. The molecule has 0 radical (unpaired) electrons. The number of hydrogen-bond donors (Lipinski definition) is 3. The summed E-state index contributed by atoms with van der Waals surface area (Å²) in [5, 5.41) is 8.30. The van der Waals surface area contributed by atoms with Crippen molar-refractivity contribution >= 4 is 17.6 Å². The maximum atomic E-state index is 12.2. The summed E-state index contributed by atoms with van der Waals surface area (Å²) in [6, 6.07) is 6.65. The number of carbonyl (C=O) groups excluding carboxylic acids is 2. The van der Waals surface area contributed by atoms with E-state index >= 15 is 0 Å². The summed E-state index contributed by atoms with van der Waals surface area (Å²) < 4.78 is 0. The third kappa shape index (κ3) is 5.30. The molecular weight excluding hydrogens is 254 g/mol. The van der Waals surface area contributed by atoms with Gasteiger partial charge in [-0.05, 0) is 39.3 Å². The van der Waals surface area contributed by atoms with Crippen LogP contribution in [-0.4, -0.2) is 24.0 Å². The third-order valence-corrected chi connectivity index (χ3v) is 2.44.